The molecule has 0 aliphatic rings. The van der Waals surface area contributed by atoms with Gasteiger partial charge in [-0.1, -0.05) is 18.2 Å². The van der Waals surface area contributed by atoms with Gasteiger partial charge in [0.05, 0.1) is 10.5 Å². The van der Waals surface area contributed by atoms with Crippen molar-refractivity contribution in [3.05, 3.63) is 69.3 Å². The maximum atomic E-state index is 11.0. The molecule has 2 aromatic rings. The van der Waals surface area contributed by atoms with Gasteiger partial charge in [0.25, 0.3) is 0 Å². The molecule has 0 saturated heterocycles. The van der Waals surface area contributed by atoms with Crippen LogP contribution >= 0.6 is 0 Å². The van der Waals surface area contributed by atoms with E-state index in [9.17, 15) is 14.9 Å². The predicted molar refractivity (Wildman–Crippen MR) is 75.6 cm³/mol. The standard InChI is InChI=1S/C15H13NO5/c1-10-2-7-14(13(8-10)16(19)20)21-9-11-3-5-12(6-4-11)15(17)18/h2-8H,9H2,1H3,(H,17,18). The van der Waals surface area contributed by atoms with Gasteiger partial charge in [0.1, 0.15) is 6.61 Å². The number of hydrogen-bond donors (Lipinski definition) is 1. The molecular formula is C15H13NO5. The lowest BCUT2D eigenvalue weighted by molar-refractivity contribution is -0.386. The summed E-state index contributed by atoms with van der Waals surface area (Å²) in [6.45, 7) is 1.89. The van der Waals surface area contributed by atoms with E-state index in [2.05, 4.69) is 0 Å². The van der Waals surface area contributed by atoms with Gasteiger partial charge in [-0.3, -0.25) is 10.1 Å². The monoisotopic (exact) mass is 287 g/mol. The second-order valence-electron chi connectivity index (χ2n) is 4.52. The van der Waals surface area contributed by atoms with Gasteiger partial charge in [0, 0.05) is 6.07 Å². The molecule has 2 rings (SSSR count). The highest BCUT2D eigenvalue weighted by Gasteiger charge is 2.15. The van der Waals surface area contributed by atoms with Gasteiger partial charge in [-0.2, -0.15) is 0 Å². The van der Waals surface area contributed by atoms with Gasteiger partial charge < -0.3 is 9.84 Å². The summed E-state index contributed by atoms with van der Waals surface area (Å²) in [7, 11) is 0. The lowest BCUT2D eigenvalue weighted by atomic mass is 10.1. The minimum atomic E-state index is -1.00. The Hall–Kier alpha value is -2.89. The number of benzene rings is 2. The van der Waals surface area contributed by atoms with Gasteiger partial charge in [-0.25, -0.2) is 4.79 Å². The van der Waals surface area contributed by atoms with Crippen molar-refractivity contribution in [2.75, 3.05) is 0 Å². The van der Waals surface area contributed by atoms with E-state index in [0.717, 1.165) is 11.1 Å². The molecule has 0 radical (unpaired) electrons. The number of ether oxygens (including phenoxy) is 1. The molecule has 0 bridgehead atoms. The Labute approximate surface area is 120 Å². The Morgan fingerprint density at radius 3 is 2.48 bits per heavy atom. The number of nitro benzene ring substituents is 1. The highest BCUT2D eigenvalue weighted by molar-refractivity contribution is 5.87. The van der Waals surface area contributed by atoms with Crippen LogP contribution in [0.5, 0.6) is 5.75 Å². The molecule has 0 aliphatic carbocycles. The van der Waals surface area contributed by atoms with Crippen molar-refractivity contribution in [2.45, 2.75) is 13.5 Å². The van der Waals surface area contributed by atoms with Crippen molar-refractivity contribution in [2.24, 2.45) is 0 Å². The van der Waals surface area contributed by atoms with E-state index in [0.29, 0.717) is 0 Å². The van der Waals surface area contributed by atoms with Crippen molar-refractivity contribution in [1.29, 1.82) is 0 Å². The zero-order valence-electron chi connectivity index (χ0n) is 11.3. The van der Waals surface area contributed by atoms with Gasteiger partial charge in [-0.15, -0.1) is 0 Å². The number of nitrogens with zero attached hydrogens (tertiary/aromatic N) is 1. The zero-order valence-corrected chi connectivity index (χ0v) is 11.3. The number of carboxylic acids is 1. The average Bonchev–Trinajstić information content (AvgIpc) is 2.46. The second kappa shape index (κ2) is 6.04. The first-order valence-corrected chi connectivity index (χ1v) is 6.17. The molecule has 0 atom stereocenters. The van der Waals surface area contributed by atoms with E-state index < -0.39 is 10.9 Å². The molecule has 0 aliphatic heterocycles. The number of aromatic carboxylic acids is 1. The Bertz CT molecular complexity index is 679. The first kappa shape index (κ1) is 14.5. The summed E-state index contributed by atoms with van der Waals surface area (Å²) in [5.74, 6) is -0.815. The van der Waals surface area contributed by atoms with E-state index in [1.54, 1.807) is 31.2 Å². The van der Waals surface area contributed by atoms with Crippen LogP contribution in [0.2, 0.25) is 0 Å². The molecule has 0 fully saturated rings. The van der Waals surface area contributed by atoms with Crippen molar-refractivity contribution in [3.8, 4) is 5.75 Å². The van der Waals surface area contributed by atoms with E-state index in [1.807, 2.05) is 0 Å². The van der Waals surface area contributed by atoms with Crippen LogP contribution in [0.4, 0.5) is 5.69 Å². The number of carboxylic acid groups (broad SMARTS) is 1. The topological polar surface area (TPSA) is 89.7 Å². The predicted octanol–water partition coefficient (Wildman–Crippen LogP) is 3.18. The van der Waals surface area contributed by atoms with E-state index in [1.165, 1.54) is 18.2 Å². The first-order chi connectivity index (χ1) is 9.97. The Balaban J connectivity index is 2.13. The van der Waals surface area contributed by atoms with Crippen LogP contribution in [0.15, 0.2) is 42.5 Å². The van der Waals surface area contributed by atoms with Gasteiger partial charge >= 0.3 is 11.7 Å². The third-order valence-electron chi connectivity index (χ3n) is 2.91. The molecule has 1 N–H and O–H groups in total. The highest BCUT2D eigenvalue weighted by atomic mass is 16.6. The number of aryl methyl sites for hydroxylation is 1. The van der Waals surface area contributed by atoms with E-state index >= 15 is 0 Å². The molecule has 108 valence electrons. The molecule has 0 unspecified atom stereocenters. The summed E-state index contributed by atoms with van der Waals surface area (Å²) in [5.41, 5.74) is 1.60. The average molecular weight is 287 g/mol. The Kier molecular flexibility index (Phi) is 4.18. The summed E-state index contributed by atoms with van der Waals surface area (Å²) in [6, 6.07) is 10.9. The van der Waals surface area contributed by atoms with E-state index in [-0.39, 0.29) is 23.6 Å². The molecule has 6 heteroatoms. The fourth-order valence-electron chi connectivity index (χ4n) is 1.80. The smallest absolute Gasteiger partial charge is 0.335 e. The number of rotatable bonds is 5. The van der Waals surface area contributed by atoms with Crippen LogP contribution in [0.3, 0.4) is 0 Å². The summed E-state index contributed by atoms with van der Waals surface area (Å²) >= 11 is 0. The molecular weight excluding hydrogens is 274 g/mol. The molecule has 2 aromatic carbocycles. The SMILES string of the molecule is Cc1ccc(OCc2ccc(C(=O)O)cc2)c([N+](=O)[O-])c1. The lowest BCUT2D eigenvalue weighted by Crippen LogP contribution is -2.01. The zero-order chi connectivity index (χ0) is 15.4. The fourth-order valence-corrected chi connectivity index (χ4v) is 1.80. The molecule has 6 nitrogen and oxygen atoms in total. The molecule has 0 amide bonds. The van der Waals surface area contributed by atoms with Crippen LogP contribution in [0.25, 0.3) is 0 Å². The second-order valence-corrected chi connectivity index (χ2v) is 4.52. The summed E-state index contributed by atoms with van der Waals surface area (Å²) in [4.78, 5) is 21.2. The normalized spacial score (nSPS) is 10.1. The molecule has 0 spiro atoms. The van der Waals surface area contributed by atoms with Crippen LogP contribution in [0, 0.1) is 17.0 Å². The van der Waals surface area contributed by atoms with E-state index in [4.69, 9.17) is 9.84 Å². The maximum absolute atomic E-state index is 11.0. The molecule has 0 aromatic heterocycles. The summed E-state index contributed by atoms with van der Waals surface area (Å²) in [6.07, 6.45) is 0. The minimum absolute atomic E-state index is 0.0860. The van der Waals surface area contributed by atoms with Crippen molar-refractivity contribution in [3.63, 3.8) is 0 Å². The van der Waals surface area contributed by atoms with Gasteiger partial charge in [-0.05, 0) is 36.2 Å². The van der Waals surface area contributed by atoms with Crippen LogP contribution < -0.4 is 4.74 Å². The van der Waals surface area contributed by atoms with Crippen molar-refractivity contribution < 1.29 is 19.6 Å². The Morgan fingerprint density at radius 2 is 1.90 bits per heavy atom. The minimum Gasteiger partial charge on any atom is -0.482 e. The molecule has 21 heavy (non-hydrogen) atoms. The summed E-state index contributed by atoms with van der Waals surface area (Å²) in [5, 5.41) is 19.8. The maximum Gasteiger partial charge on any atom is 0.335 e. The molecule has 0 heterocycles. The summed E-state index contributed by atoms with van der Waals surface area (Å²) < 4.78 is 5.45. The quantitative estimate of drug-likeness (QED) is 0.673. The molecule has 0 saturated carbocycles. The first-order valence-electron chi connectivity index (χ1n) is 6.17. The largest absolute Gasteiger partial charge is 0.482 e. The number of nitro groups is 1. The number of hydrogen-bond acceptors (Lipinski definition) is 4. The van der Waals surface area contributed by atoms with Crippen molar-refractivity contribution >= 4 is 11.7 Å². The lowest BCUT2D eigenvalue weighted by Gasteiger charge is -2.07. The number of carbonyl (C=O) groups is 1. The fraction of sp³-hybridized carbons (Fsp3) is 0.133. The van der Waals surface area contributed by atoms with Crippen LogP contribution in [0.1, 0.15) is 21.5 Å². The van der Waals surface area contributed by atoms with Crippen LogP contribution in [-0.2, 0) is 6.61 Å². The van der Waals surface area contributed by atoms with Gasteiger partial charge in [0.2, 0.25) is 0 Å². The Morgan fingerprint density at radius 1 is 1.24 bits per heavy atom. The van der Waals surface area contributed by atoms with Crippen LogP contribution in [-0.4, -0.2) is 16.0 Å². The third-order valence-corrected chi connectivity index (χ3v) is 2.91. The van der Waals surface area contributed by atoms with Gasteiger partial charge in [0.15, 0.2) is 5.75 Å². The highest BCUT2D eigenvalue weighted by Crippen LogP contribution is 2.28. The van der Waals surface area contributed by atoms with Crippen molar-refractivity contribution in [1.82, 2.24) is 0 Å². The third kappa shape index (κ3) is 3.56.